The van der Waals surface area contributed by atoms with Crippen LogP contribution in [0.25, 0.3) is 0 Å². The fourth-order valence-corrected chi connectivity index (χ4v) is 1.94. The first-order valence-electron chi connectivity index (χ1n) is 6.44. The van der Waals surface area contributed by atoms with Gasteiger partial charge < -0.3 is 10.1 Å². The molecule has 1 saturated carbocycles. The van der Waals surface area contributed by atoms with E-state index in [1.54, 1.807) is 7.11 Å². The molecule has 0 aromatic carbocycles. The van der Waals surface area contributed by atoms with Crippen molar-refractivity contribution in [3.8, 4) is 0 Å². The van der Waals surface area contributed by atoms with Gasteiger partial charge in [-0.25, -0.2) is 0 Å². The molecule has 1 atom stereocenters. The Balaban J connectivity index is 2.32. The molecule has 1 aliphatic carbocycles. The first-order chi connectivity index (χ1) is 7.44. The number of hydrogen-bond acceptors (Lipinski definition) is 3. The van der Waals surface area contributed by atoms with E-state index >= 15 is 0 Å². The SMILES string of the molecule is COCCN(C(C)CNC(C)(C)C)C1CC1. The van der Waals surface area contributed by atoms with E-state index in [2.05, 4.69) is 37.9 Å². The molecule has 0 amide bonds. The number of ether oxygens (including phenoxy) is 1. The third-order valence-electron chi connectivity index (χ3n) is 3.06. The number of hydrogen-bond donors (Lipinski definition) is 1. The lowest BCUT2D eigenvalue weighted by atomic mass is 10.1. The Labute approximate surface area is 101 Å². The van der Waals surface area contributed by atoms with Crippen LogP contribution >= 0.6 is 0 Å². The first-order valence-corrected chi connectivity index (χ1v) is 6.44. The predicted molar refractivity (Wildman–Crippen MR) is 68.8 cm³/mol. The standard InChI is InChI=1S/C13H28N2O/c1-11(10-14-13(2,3)4)15(8-9-16-5)12-6-7-12/h11-12,14H,6-10H2,1-5H3. The van der Waals surface area contributed by atoms with E-state index in [4.69, 9.17) is 4.74 Å². The summed E-state index contributed by atoms with van der Waals surface area (Å²) < 4.78 is 5.18. The Hall–Kier alpha value is -0.120. The molecule has 0 radical (unpaired) electrons. The Morgan fingerprint density at radius 3 is 2.44 bits per heavy atom. The van der Waals surface area contributed by atoms with Crippen molar-refractivity contribution >= 4 is 0 Å². The van der Waals surface area contributed by atoms with E-state index in [1.165, 1.54) is 12.8 Å². The number of nitrogens with one attached hydrogen (secondary N) is 1. The van der Waals surface area contributed by atoms with Crippen LogP contribution in [-0.4, -0.2) is 49.3 Å². The van der Waals surface area contributed by atoms with Crippen LogP contribution in [0.3, 0.4) is 0 Å². The molecule has 0 bridgehead atoms. The highest BCUT2D eigenvalue weighted by Crippen LogP contribution is 2.28. The van der Waals surface area contributed by atoms with Crippen LogP contribution in [0.1, 0.15) is 40.5 Å². The summed E-state index contributed by atoms with van der Waals surface area (Å²) >= 11 is 0. The van der Waals surface area contributed by atoms with Crippen LogP contribution in [-0.2, 0) is 4.74 Å². The number of nitrogens with zero attached hydrogens (tertiary/aromatic N) is 1. The second-order valence-electron chi connectivity index (χ2n) is 5.94. The minimum atomic E-state index is 0.213. The quantitative estimate of drug-likeness (QED) is 0.720. The van der Waals surface area contributed by atoms with Crippen molar-refractivity contribution in [1.29, 1.82) is 0 Å². The topological polar surface area (TPSA) is 24.5 Å². The molecular formula is C13H28N2O. The summed E-state index contributed by atoms with van der Waals surface area (Å²) in [5, 5.41) is 3.58. The molecule has 0 spiro atoms. The van der Waals surface area contributed by atoms with Gasteiger partial charge in [-0.3, -0.25) is 4.90 Å². The fraction of sp³-hybridized carbons (Fsp3) is 1.00. The Bertz CT molecular complexity index is 197. The largest absolute Gasteiger partial charge is 0.383 e. The summed E-state index contributed by atoms with van der Waals surface area (Å²) in [6.07, 6.45) is 2.73. The van der Waals surface area contributed by atoms with Gasteiger partial charge in [0, 0.05) is 37.8 Å². The molecule has 1 fully saturated rings. The Morgan fingerprint density at radius 1 is 1.38 bits per heavy atom. The van der Waals surface area contributed by atoms with Gasteiger partial charge in [0.05, 0.1) is 6.61 Å². The summed E-state index contributed by atoms with van der Waals surface area (Å²) in [6.45, 7) is 11.9. The zero-order valence-corrected chi connectivity index (χ0v) is 11.5. The maximum Gasteiger partial charge on any atom is 0.0589 e. The molecule has 0 heterocycles. The van der Waals surface area contributed by atoms with Gasteiger partial charge in [0.2, 0.25) is 0 Å². The number of methoxy groups -OCH3 is 1. The van der Waals surface area contributed by atoms with Gasteiger partial charge in [0.1, 0.15) is 0 Å². The smallest absolute Gasteiger partial charge is 0.0589 e. The van der Waals surface area contributed by atoms with Gasteiger partial charge in [-0.2, -0.15) is 0 Å². The highest BCUT2D eigenvalue weighted by atomic mass is 16.5. The minimum absolute atomic E-state index is 0.213. The molecular weight excluding hydrogens is 200 g/mol. The van der Waals surface area contributed by atoms with E-state index in [0.717, 1.165) is 25.7 Å². The molecule has 96 valence electrons. The van der Waals surface area contributed by atoms with E-state index in [9.17, 15) is 0 Å². The second kappa shape index (κ2) is 5.99. The van der Waals surface area contributed by atoms with Crippen LogP contribution in [0.2, 0.25) is 0 Å². The second-order valence-corrected chi connectivity index (χ2v) is 5.94. The van der Waals surface area contributed by atoms with Gasteiger partial charge in [0.25, 0.3) is 0 Å². The molecule has 0 aromatic heterocycles. The highest BCUT2D eigenvalue weighted by molar-refractivity contribution is 4.88. The van der Waals surface area contributed by atoms with Crippen molar-refractivity contribution in [1.82, 2.24) is 10.2 Å². The zero-order chi connectivity index (χ0) is 12.2. The van der Waals surface area contributed by atoms with Crippen molar-refractivity contribution in [2.75, 3.05) is 26.8 Å². The van der Waals surface area contributed by atoms with Crippen molar-refractivity contribution < 1.29 is 4.74 Å². The molecule has 3 nitrogen and oxygen atoms in total. The lowest BCUT2D eigenvalue weighted by Gasteiger charge is -2.32. The molecule has 0 saturated heterocycles. The average molecular weight is 228 g/mol. The molecule has 3 heteroatoms. The Morgan fingerprint density at radius 2 is 2.00 bits per heavy atom. The third kappa shape index (κ3) is 5.28. The van der Waals surface area contributed by atoms with Crippen LogP contribution in [0.15, 0.2) is 0 Å². The van der Waals surface area contributed by atoms with Crippen LogP contribution < -0.4 is 5.32 Å². The maximum absolute atomic E-state index is 5.18. The third-order valence-corrected chi connectivity index (χ3v) is 3.06. The minimum Gasteiger partial charge on any atom is -0.383 e. The van der Waals surface area contributed by atoms with Crippen molar-refractivity contribution in [2.45, 2.75) is 58.2 Å². The molecule has 0 aliphatic heterocycles. The molecule has 1 N–H and O–H groups in total. The summed E-state index contributed by atoms with van der Waals surface area (Å²) in [6, 6.07) is 1.41. The van der Waals surface area contributed by atoms with Gasteiger partial charge in [-0.1, -0.05) is 0 Å². The van der Waals surface area contributed by atoms with Gasteiger partial charge in [-0.05, 0) is 40.5 Å². The zero-order valence-electron chi connectivity index (χ0n) is 11.5. The van der Waals surface area contributed by atoms with Gasteiger partial charge in [-0.15, -0.1) is 0 Å². The molecule has 1 rings (SSSR count). The fourth-order valence-electron chi connectivity index (χ4n) is 1.94. The van der Waals surface area contributed by atoms with E-state index in [1.807, 2.05) is 0 Å². The lowest BCUT2D eigenvalue weighted by Crippen LogP contribution is -2.48. The maximum atomic E-state index is 5.18. The molecule has 0 aromatic rings. The van der Waals surface area contributed by atoms with Crippen LogP contribution in [0.4, 0.5) is 0 Å². The van der Waals surface area contributed by atoms with Crippen LogP contribution in [0.5, 0.6) is 0 Å². The molecule has 16 heavy (non-hydrogen) atoms. The predicted octanol–water partition coefficient (Wildman–Crippen LogP) is 1.87. The van der Waals surface area contributed by atoms with Crippen molar-refractivity contribution in [2.24, 2.45) is 0 Å². The van der Waals surface area contributed by atoms with E-state index in [-0.39, 0.29) is 5.54 Å². The summed E-state index contributed by atoms with van der Waals surface area (Å²) in [7, 11) is 1.78. The van der Waals surface area contributed by atoms with Gasteiger partial charge >= 0.3 is 0 Å². The summed E-state index contributed by atoms with van der Waals surface area (Å²) in [5.41, 5.74) is 0.213. The van der Waals surface area contributed by atoms with E-state index < -0.39 is 0 Å². The summed E-state index contributed by atoms with van der Waals surface area (Å²) in [4.78, 5) is 2.59. The van der Waals surface area contributed by atoms with Crippen molar-refractivity contribution in [3.05, 3.63) is 0 Å². The highest BCUT2D eigenvalue weighted by Gasteiger charge is 2.31. The van der Waals surface area contributed by atoms with Crippen LogP contribution in [0, 0.1) is 0 Å². The Kier molecular flexibility index (Phi) is 5.22. The van der Waals surface area contributed by atoms with E-state index in [0.29, 0.717) is 6.04 Å². The average Bonchev–Trinajstić information content (AvgIpc) is 2.98. The first kappa shape index (κ1) is 13.9. The van der Waals surface area contributed by atoms with Gasteiger partial charge in [0.15, 0.2) is 0 Å². The van der Waals surface area contributed by atoms with Crippen molar-refractivity contribution in [3.63, 3.8) is 0 Å². The molecule has 1 aliphatic rings. The molecule has 1 unspecified atom stereocenters. The monoisotopic (exact) mass is 228 g/mol. The number of rotatable bonds is 7. The summed E-state index contributed by atoms with van der Waals surface area (Å²) in [5.74, 6) is 0. The lowest BCUT2D eigenvalue weighted by molar-refractivity contribution is 0.115. The normalized spacial score (nSPS) is 19.1.